The third-order valence-electron chi connectivity index (χ3n) is 8.75. The maximum absolute atomic E-state index is 15.1. The van der Waals surface area contributed by atoms with E-state index in [-0.39, 0.29) is 42.8 Å². The molecule has 1 aliphatic heterocycles. The summed E-state index contributed by atoms with van der Waals surface area (Å²) in [5.74, 6) is 0.458. The Bertz CT molecular complexity index is 1570. The average Bonchev–Trinajstić information content (AvgIpc) is 3.34. The Morgan fingerprint density at radius 3 is 2.64 bits per heavy atom. The molecular formula is C35H45FN6O3. The summed E-state index contributed by atoms with van der Waals surface area (Å²) in [6, 6.07) is 12.9. The molecule has 3 atom stereocenters. The van der Waals surface area contributed by atoms with Gasteiger partial charge < -0.3 is 30.4 Å². The minimum Gasteiger partial charge on any atom is -0.394 e. The van der Waals surface area contributed by atoms with Crippen LogP contribution in [-0.2, 0) is 22.5 Å². The number of amides is 1. The normalized spacial score (nSPS) is 16.6. The van der Waals surface area contributed by atoms with Crippen molar-refractivity contribution >= 4 is 22.8 Å². The molecule has 5 rings (SSSR count). The number of aliphatic hydroxyl groups is 1. The number of carbonyl (C=O) groups excluding carboxylic acids is 1. The van der Waals surface area contributed by atoms with E-state index in [9.17, 15) is 9.90 Å². The van der Waals surface area contributed by atoms with Crippen LogP contribution in [0, 0.1) is 12.7 Å². The van der Waals surface area contributed by atoms with Gasteiger partial charge in [-0.2, -0.15) is 0 Å². The van der Waals surface area contributed by atoms with Gasteiger partial charge in [0.15, 0.2) is 0 Å². The van der Waals surface area contributed by atoms with Crippen LogP contribution in [0.25, 0.3) is 22.0 Å². The third-order valence-corrected chi connectivity index (χ3v) is 8.75. The van der Waals surface area contributed by atoms with Crippen molar-refractivity contribution < 1.29 is 19.0 Å². The fourth-order valence-corrected chi connectivity index (χ4v) is 6.49. The van der Waals surface area contributed by atoms with Crippen LogP contribution in [0.4, 0.5) is 10.3 Å². The highest BCUT2D eigenvalue weighted by molar-refractivity contribution is 5.86. The van der Waals surface area contributed by atoms with Crippen molar-refractivity contribution in [3.63, 3.8) is 0 Å². The number of halogens is 1. The van der Waals surface area contributed by atoms with E-state index in [1.54, 1.807) is 25.6 Å². The Labute approximate surface area is 264 Å². The topological polar surface area (TPSA) is 119 Å². The van der Waals surface area contributed by atoms with E-state index in [0.717, 1.165) is 52.6 Å². The molecular weight excluding hydrogens is 571 g/mol. The number of aryl methyl sites for hydroxylation is 2. The summed E-state index contributed by atoms with van der Waals surface area (Å²) in [6.07, 6.45) is 7.01. The molecule has 4 aromatic rings. The van der Waals surface area contributed by atoms with Crippen LogP contribution in [0.5, 0.6) is 0 Å². The highest BCUT2D eigenvalue weighted by Gasteiger charge is 2.30. The lowest BCUT2D eigenvalue weighted by atomic mass is 9.91. The molecule has 3 heterocycles. The molecule has 1 saturated heterocycles. The van der Waals surface area contributed by atoms with E-state index in [2.05, 4.69) is 26.8 Å². The van der Waals surface area contributed by atoms with Crippen molar-refractivity contribution in [1.29, 1.82) is 0 Å². The summed E-state index contributed by atoms with van der Waals surface area (Å²) < 4.78 is 22.5. The van der Waals surface area contributed by atoms with E-state index < -0.39 is 0 Å². The first-order chi connectivity index (χ1) is 21.8. The molecule has 240 valence electrons. The van der Waals surface area contributed by atoms with Crippen LogP contribution >= 0.6 is 0 Å². The van der Waals surface area contributed by atoms with Gasteiger partial charge in [0, 0.05) is 86.8 Å². The van der Waals surface area contributed by atoms with Crippen LogP contribution in [0.1, 0.15) is 55.3 Å². The zero-order valence-corrected chi connectivity index (χ0v) is 26.5. The van der Waals surface area contributed by atoms with Gasteiger partial charge in [0.1, 0.15) is 5.82 Å². The highest BCUT2D eigenvalue weighted by Crippen LogP contribution is 2.37. The molecule has 0 radical (unpaired) electrons. The first-order valence-electron chi connectivity index (χ1n) is 15.9. The number of aromatic nitrogens is 3. The Morgan fingerprint density at radius 1 is 1.18 bits per heavy atom. The maximum atomic E-state index is 15.1. The average molecular weight is 617 g/mol. The summed E-state index contributed by atoms with van der Waals surface area (Å²) in [5, 5.41) is 13.2. The summed E-state index contributed by atoms with van der Waals surface area (Å²) in [7, 11) is 1.68. The number of likely N-dealkylation sites (tertiary alicyclic amines) is 1. The second kappa shape index (κ2) is 14.9. The lowest BCUT2D eigenvalue weighted by Gasteiger charge is -2.34. The number of nitrogens with two attached hydrogens (primary N) is 1. The Hall–Kier alpha value is -3.86. The van der Waals surface area contributed by atoms with Gasteiger partial charge in [-0.05, 0) is 62.3 Å². The standard InChI is InChI=1S/C35H45FN6O3/c1-23(22-43)40-35-38-19-28(20-39-35)26-12-10-25(11-13-26)17-29(37)18-32(44)41-14-5-7-27(21-41)33-24(2)30-8-4-9-31(36)34(30)42(33)15-6-16-45-3/h4,8-13,19-20,23,27,29,43H,5-7,14-18,21-22,37H2,1-3H3,(H,38,39,40). The molecule has 0 bridgehead atoms. The minimum atomic E-state index is -0.303. The lowest BCUT2D eigenvalue weighted by molar-refractivity contribution is -0.132. The molecule has 45 heavy (non-hydrogen) atoms. The summed E-state index contributed by atoms with van der Waals surface area (Å²) >= 11 is 0. The van der Waals surface area contributed by atoms with E-state index in [0.29, 0.717) is 44.1 Å². The number of hydrogen-bond acceptors (Lipinski definition) is 7. The van der Waals surface area contributed by atoms with Crippen LogP contribution in [0.3, 0.4) is 0 Å². The van der Waals surface area contributed by atoms with Crippen molar-refractivity contribution in [2.24, 2.45) is 5.73 Å². The van der Waals surface area contributed by atoms with Crippen LogP contribution in [0.2, 0.25) is 0 Å². The summed E-state index contributed by atoms with van der Waals surface area (Å²) in [6.45, 7) is 6.53. The smallest absolute Gasteiger partial charge is 0.224 e. The van der Waals surface area contributed by atoms with Gasteiger partial charge in [0.2, 0.25) is 11.9 Å². The van der Waals surface area contributed by atoms with E-state index in [1.807, 2.05) is 42.2 Å². The highest BCUT2D eigenvalue weighted by atomic mass is 19.1. The van der Waals surface area contributed by atoms with E-state index in [4.69, 9.17) is 10.5 Å². The fourth-order valence-electron chi connectivity index (χ4n) is 6.49. The first-order valence-corrected chi connectivity index (χ1v) is 15.9. The molecule has 1 amide bonds. The second-order valence-electron chi connectivity index (χ2n) is 12.2. The van der Waals surface area contributed by atoms with Gasteiger partial charge in [0.25, 0.3) is 0 Å². The molecule has 9 nitrogen and oxygen atoms in total. The molecule has 3 unspecified atom stereocenters. The number of benzene rings is 2. The molecule has 1 fully saturated rings. The Morgan fingerprint density at radius 2 is 1.93 bits per heavy atom. The lowest BCUT2D eigenvalue weighted by Crippen LogP contribution is -2.42. The number of fused-ring (bicyclic) bond motifs is 1. The van der Waals surface area contributed by atoms with Gasteiger partial charge in [-0.25, -0.2) is 14.4 Å². The molecule has 1 aliphatic rings. The monoisotopic (exact) mass is 616 g/mol. The number of para-hydroxylation sites is 1. The number of nitrogens with zero attached hydrogens (tertiary/aromatic N) is 4. The predicted molar refractivity (Wildman–Crippen MR) is 176 cm³/mol. The quantitative estimate of drug-likeness (QED) is 0.180. The molecule has 2 aromatic heterocycles. The number of nitrogens with one attached hydrogen (secondary N) is 1. The van der Waals surface area contributed by atoms with Crippen LogP contribution in [0.15, 0.2) is 54.9 Å². The van der Waals surface area contributed by atoms with Crippen molar-refractivity contribution in [3.8, 4) is 11.1 Å². The number of aliphatic hydroxyl groups excluding tert-OH is 1. The van der Waals surface area contributed by atoms with Gasteiger partial charge in [-0.3, -0.25) is 4.79 Å². The van der Waals surface area contributed by atoms with Gasteiger partial charge in [-0.1, -0.05) is 36.4 Å². The van der Waals surface area contributed by atoms with E-state index in [1.165, 1.54) is 6.07 Å². The molecule has 4 N–H and O–H groups in total. The molecule has 0 aliphatic carbocycles. The number of piperidine rings is 1. The summed E-state index contributed by atoms with van der Waals surface area (Å²) in [5.41, 5.74) is 12.3. The number of methoxy groups -OCH3 is 1. The zero-order valence-electron chi connectivity index (χ0n) is 26.5. The van der Waals surface area contributed by atoms with Crippen LogP contribution < -0.4 is 11.1 Å². The largest absolute Gasteiger partial charge is 0.394 e. The Kier molecular flexibility index (Phi) is 10.8. The van der Waals surface area contributed by atoms with Crippen molar-refractivity contribution in [1.82, 2.24) is 19.4 Å². The van der Waals surface area contributed by atoms with Gasteiger partial charge in [0.05, 0.1) is 12.1 Å². The number of hydrogen-bond donors (Lipinski definition) is 3. The van der Waals surface area contributed by atoms with Crippen molar-refractivity contribution in [2.45, 2.75) is 70.5 Å². The van der Waals surface area contributed by atoms with Crippen molar-refractivity contribution in [3.05, 3.63) is 77.5 Å². The van der Waals surface area contributed by atoms with Gasteiger partial charge in [-0.15, -0.1) is 0 Å². The first kappa shape index (κ1) is 32.5. The number of ether oxygens (including phenoxy) is 1. The predicted octanol–water partition coefficient (Wildman–Crippen LogP) is 5.04. The molecule has 10 heteroatoms. The van der Waals surface area contributed by atoms with E-state index >= 15 is 4.39 Å². The number of carbonyl (C=O) groups is 1. The number of rotatable bonds is 13. The van der Waals surface area contributed by atoms with Gasteiger partial charge >= 0.3 is 0 Å². The molecule has 0 spiro atoms. The minimum absolute atomic E-state index is 0.00280. The zero-order chi connectivity index (χ0) is 31.9. The fraction of sp³-hybridized carbons (Fsp3) is 0.457. The molecule has 2 aromatic carbocycles. The maximum Gasteiger partial charge on any atom is 0.224 e. The SMILES string of the molecule is COCCCn1c(C2CCCN(C(=O)CC(N)Cc3ccc(-c4cnc(NC(C)CO)nc4)cc3)C2)c(C)c2cccc(F)c21. The third kappa shape index (κ3) is 7.69. The summed E-state index contributed by atoms with van der Waals surface area (Å²) in [4.78, 5) is 24.1. The Balaban J connectivity index is 1.21. The van der Waals surface area contributed by atoms with Crippen LogP contribution in [-0.4, -0.2) is 75.9 Å². The number of anilines is 1. The second-order valence-corrected chi connectivity index (χ2v) is 12.2. The van der Waals surface area contributed by atoms with Crippen molar-refractivity contribution in [2.75, 3.05) is 38.7 Å². The molecule has 0 saturated carbocycles.